The lowest BCUT2D eigenvalue weighted by molar-refractivity contribution is -0.113. The SMILES string of the molecule is CO[C@H]1[C@H](n2cnc3c(N)ncnc32)OC(C)(COP(=O)(S)O[C@@H]2C[C@@H](CO)O[C@H]2n2cnc3c(=O)[nH]c(N)nc32)[C@H]1O. The smallest absolute Gasteiger partial charge is 0.386 e. The Kier molecular flexibility index (Phi) is 7.68. The van der Waals surface area contributed by atoms with Gasteiger partial charge in [-0.1, -0.05) is 12.2 Å². The summed E-state index contributed by atoms with van der Waals surface area (Å²) in [6.07, 6.45) is -1.69. The van der Waals surface area contributed by atoms with Gasteiger partial charge >= 0.3 is 6.80 Å². The van der Waals surface area contributed by atoms with Gasteiger partial charge in [-0.3, -0.25) is 28.0 Å². The Morgan fingerprint density at radius 1 is 1.19 bits per heavy atom. The van der Waals surface area contributed by atoms with E-state index in [4.69, 9.17) is 34.7 Å². The summed E-state index contributed by atoms with van der Waals surface area (Å²) in [5.41, 5.74) is 10.4. The van der Waals surface area contributed by atoms with Crippen LogP contribution in [0.15, 0.2) is 23.8 Å². The number of anilines is 2. The van der Waals surface area contributed by atoms with E-state index in [9.17, 15) is 19.6 Å². The quantitative estimate of drug-likeness (QED) is 0.0995. The Morgan fingerprint density at radius 3 is 2.63 bits per heavy atom. The number of nitrogens with one attached hydrogen (secondary N) is 1. The minimum absolute atomic E-state index is 0.00308. The normalized spacial score (nSPS) is 30.8. The van der Waals surface area contributed by atoms with Crippen molar-refractivity contribution < 1.29 is 38.0 Å². The van der Waals surface area contributed by atoms with E-state index in [0.717, 1.165) is 0 Å². The summed E-state index contributed by atoms with van der Waals surface area (Å²) in [5.74, 6) is 0.0233. The number of fused-ring (bicyclic) bond motifs is 2. The number of rotatable bonds is 9. The second-order valence-electron chi connectivity index (χ2n) is 10.3. The fourth-order valence-electron chi connectivity index (χ4n) is 5.27. The molecule has 21 heteroatoms. The zero-order valence-electron chi connectivity index (χ0n) is 22.7. The number of hydrogen-bond acceptors (Lipinski definition) is 16. The number of imidazole rings is 2. The minimum Gasteiger partial charge on any atom is -0.394 e. The number of aromatic nitrogens is 8. The highest BCUT2D eigenvalue weighted by atomic mass is 32.7. The third-order valence-corrected chi connectivity index (χ3v) is 9.02. The van der Waals surface area contributed by atoms with Crippen LogP contribution in [0.2, 0.25) is 0 Å². The van der Waals surface area contributed by atoms with Crippen molar-refractivity contribution >= 4 is 53.1 Å². The molecule has 43 heavy (non-hydrogen) atoms. The number of nitrogens with two attached hydrogens (primary N) is 2. The van der Waals surface area contributed by atoms with Crippen molar-refractivity contribution in [1.82, 2.24) is 39.0 Å². The second-order valence-corrected chi connectivity index (χ2v) is 13.2. The van der Waals surface area contributed by atoms with Gasteiger partial charge in [0.25, 0.3) is 5.56 Å². The maximum atomic E-state index is 13.5. The lowest BCUT2D eigenvalue weighted by Crippen LogP contribution is -2.44. The molecule has 0 radical (unpaired) electrons. The molecule has 6 heterocycles. The van der Waals surface area contributed by atoms with Gasteiger partial charge < -0.3 is 35.9 Å². The van der Waals surface area contributed by atoms with Crippen LogP contribution in [0, 0.1) is 0 Å². The van der Waals surface area contributed by atoms with E-state index in [0.29, 0.717) is 11.2 Å². The van der Waals surface area contributed by atoms with Crippen molar-refractivity contribution in [3.63, 3.8) is 0 Å². The Hall–Kier alpha value is -3.20. The zero-order chi connectivity index (χ0) is 30.7. The van der Waals surface area contributed by atoms with E-state index in [2.05, 4.69) is 42.2 Å². The lowest BCUT2D eigenvalue weighted by atomic mass is 9.98. The first kappa shape index (κ1) is 29.9. The fourth-order valence-corrected chi connectivity index (χ4v) is 6.82. The van der Waals surface area contributed by atoms with Crippen LogP contribution in [0.1, 0.15) is 25.8 Å². The predicted molar refractivity (Wildman–Crippen MR) is 151 cm³/mol. The molecule has 232 valence electrons. The number of aliphatic hydroxyl groups is 2. The average Bonchev–Trinajstić information content (AvgIpc) is 3.72. The summed E-state index contributed by atoms with van der Waals surface area (Å²) in [6, 6.07) is 0. The molecule has 0 aliphatic carbocycles. The number of thiol groups is 1. The largest absolute Gasteiger partial charge is 0.394 e. The molecule has 2 aliphatic rings. The maximum Gasteiger partial charge on any atom is 0.386 e. The van der Waals surface area contributed by atoms with Crippen LogP contribution in [-0.4, -0.2) is 99.6 Å². The number of nitrogen functional groups attached to an aromatic ring is 2. The highest BCUT2D eigenvalue weighted by Crippen LogP contribution is 2.57. The van der Waals surface area contributed by atoms with Crippen molar-refractivity contribution in [3.05, 3.63) is 29.3 Å². The van der Waals surface area contributed by atoms with E-state index in [1.807, 2.05) is 0 Å². The van der Waals surface area contributed by atoms with Gasteiger partial charge in [-0.2, -0.15) is 4.98 Å². The van der Waals surface area contributed by atoms with Gasteiger partial charge in [-0.05, 0) is 6.92 Å². The van der Waals surface area contributed by atoms with E-state index in [1.54, 1.807) is 11.5 Å². The molecular formula is C22H29N10O9PS. The summed E-state index contributed by atoms with van der Waals surface area (Å²) < 4.78 is 45.5. The molecule has 6 rings (SSSR count). The van der Waals surface area contributed by atoms with Gasteiger partial charge in [0, 0.05) is 13.5 Å². The molecule has 8 atom stereocenters. The zero-order valence-corrected chi connectivity index (χ0v) is 24.5. The Bertz CT molecular complexity index is 1770. The molecule has 2 fully saturated rings. The van der Waals surface area contributed by atoms with Crippen LogP contribution in [0.25, 0.3) is 22.3 Å². The molecule has 0 amide bonds. The van der Waals surface area contributed by atoms with Crippen molar-refractivity contribution in [2.45, 2.75) is 55.8 Å². The van der Waals surface area contributed by atoms with Crippen LogP contribution >= 0.6 is 19.0 Å². The van der Waals surface area contributed by atoms with E-state index < -0.39 is 61.4 Å². The number of aliphatic hydroxyl groups excluding tert-OH is 2. The number of methoxy groups -OCH3 is 1. The fraction of sp³-hybridized carbons (Fsp3) is 0.545. The molecular weight excluding hydrogens is 611 g/mol. The number of hydrogen-bond donors (Lipinski definition) is 6. The highest BCUT2D eigenvalue weighted by Gasteiger charge is 2.54. The predicted octanol–water partition coefficient (Wildman–Crippen LogP) is -0.493. The summed E-state index contributed by atoms with van der Waals surface area (Å²) in [6.45, 7) is -3.42. The standard InChI is InChI=1S/C22H29N10O9PS/c1-22(14(34)13(37-2)20(40-22)31-7-27-11-15(23)25-6-26-16(11)31)5-38-42(36,43)41-10-3-9(4-33)39-19(10)32-8-28-12-17(32)29-21(24)30-18(12)35/h6-10,13-14,19-20,33-34H,3-5H2,1-2H3,(H,36,43)(H2,23,25,26)(H3,24,29,30,35)/t9-,10+,13+,14-,19+,20+,22?,42?/m0/s1. The van der Waals surface area contributed by atoms with E-state index in [1.165, 1.54) is 30.7 Å². The van der Waals surface area contributed by atoms with Crippen LogP contribution in [0.3, 0.4) is 0 Å². The Labute approximate surface area is 247 Å². The number of nitrogens with zero attached hydrogens (tertiary/aromatic N) is 7. The van der Waals surface area contributed by atoms with Gasteiger partial charge in [-0.15, -0.1) is 0 Å². The van der Waals surface area contributed by atoms with Gasteiger partial charge in [0.1, 0.15) is 35.8 Å². The molecule has 19 nitrogen and oxygen atoms in total. The van der Waals surface area contributed by atoms with E-state index >= 15 is 0 Å². The van der Waals surface area contributed by atoms with Crippen LogP contribution in [0.4, 0.5) is 11.8 Å². The number of ether oxygens (including phenoxy) is 3. The molecule has 0 bridgehead atoms. The van der Waals surface area contributed by atoms with Gasteiger partial charge in [0.15, 0.2) is 35.1 Å². The average molecular weight is 641 g/mol. The lowest BCUT2D eigenvalue weighted by Gasteiger charge is -2.29. The van der Waals surface area contributed by atoms with Gasteiger partial charge in [0.2, 0.25) is 5.95 Å². The van der Waals surface area contributed by atoms with Crippen molar-refractivity contribution in [1.29, 1.82) is 0 Å². The molecule has 4 aromatic heterocycles. The van der Waals surface area contributed by atoms with Gasteiger partial charge in [0.05, 0.1) is 32.0 Å². The highest BCUT2D eigenvalue weighted by molar-refractivity contribution is 8.44. The molecule has 0 saturated carbocycles. The number of aromatic amines is 1. The summed E-state index contributed by atoms with van der Waals surface area (Å²) in [7, 11) is 1.40. The van der Waals surface area contributed by atoms with Crippen LogP contribution in [0.5, 0.6) is 0 Å². The van der Waals surface area contributed by atoms with Crippen LogP contribution < -0.4 is 17.0 Å². The topological polar surface area (TPSA) is 263 Å². The third kappa shape index (κ3) is 5.28. The van der Waals surface area contributed by atoms with Crippen LogP contribution in [-0.2, 0) is 27.8 Å². The second kappa shape index (κ2) is 11.1. The van der Waals surface area contributed by atoms with Crippen molar-refractivity contribution in [2.75, 3.05) is 31.8 Å². The maximum absolute atomic E-state index is 13.5. The van der Waals surface area contributed by atoms with E-state index in [-0.39, 0.29) is 36.0 Å². The van der Waals surface area contributed by atoms with Crippen molar-refractivity contribution in [2.24, 2.45) is 0 Å². The molecule has 2 aliphatic heterocycles. The molecule has 0 aromatic carbocycles. The summed E-state index contributed by atoms with van der Waals surface area (Å²) in [5, 5.41) is 20.9. The Morgan fingerprint density at radius 2 is 1.91 bits per heavy atom. The first-order valence-corrected chi connectivity index (χ1v) is 15.6. The first-order valence-electron chi connectivity index (χ1n) is 12.9. The first-order chi connectivity index (χ1) is 20.4. The van der Waals surface area contributed by atoms with Crippen molar-refractivity contribution in [3.8, 4) is 0 Å². The molecule has 0 spiro atoms. The molecule has 2 unspecified atom stereocenters. The van der Waals surface area contributed by atoms with Gasteiger partial charge in [-0.25, -0.2) is 24.5 Å². The minimum atomic E-state index is -4.17. The molecule has 4 aromatic rings. The molecule has 2 saturated heterocycles. The Balaban J connectivity index is 1.21. The summed E-state index contributed by atoms with van der Waals surface area (Å²) in [4.78, 5) is 35.2. The number of H-pyrrole nitrogens is 1. The third-order valence-electron chi connectivity index (χ3n) is 7.40. The monoisotopic (exact) mass is 640 g/mol. The molecule has 7 N–H and O–H groups in total. The summed E-state index contributed by atoms with van der Waals surface area (Å²) >= 11 is 4.15.